The Bertz CT molecular complexity index is 619. The highest BCUT2D eigenvalue weighted by Crippen LogP contribution is 2.26. The molecule has 19 heavy (non-hydrogen) atoms. The van der Waals surface area contributed by atoms with E-state index in [0.717, 1.165) is 10.0 Å². The van der Waals surface area contributed by atoms with Crippen molar-refractivity contribution in [2.45, 2.75) is 10.8 Å². The van der Waals surface area contributed by atoms with E-state index in [1.807, 2.05) is 18.2 Å². The summed E-state index contributed by atoms with van der Waals surface area (Å²) in [6.45, 7) is 0. The summed E-state index contributed by atoms with van der Waals surface area (Å²) < 4.78 is 18.5. The van der Waals surface area contributed by atoms with E-state index in [0.29, 0.717) is 22.2 Å². The first-order valence-electron chi connectivity index (χ1n) is 5.53. The fourth-order valence-electron chi connectivity index (χ4n) is 1.66. The second-order valence-electron chi connectivity index (χ2n) is 3.84. The number of nitrogens with two attached hydrogens (primary N) is 1. The SMILES string of the molecule is COc1ccc(Br)cc1CS(=O)c1ncccc1N. The molecule has 0 bridgehead atoms. The number of rotatable bonds is 4. The van der Waals surface area contributed by atoms with Crippen molar-refractivity contribution >= 4 is 32.4 Å². The molecule has 0 amide bonds. The molecule has 0 saturated carbocycles. The normalized spacial score (nSPS) is 12.1. The van der Waals surface area contributed by atoms with Crippen LogP contribution < -0.4 is 10.5 Å². The maximum absolute atomic E-state index is 12.3. The Labute approximate surface area is 122 Å². The van der Waals surface area contributed by atoms with Crippen LogP contribution >= 0.6 is 15.9 Å². The van der Waals surface area contributed by atoms with E-state index in [-0.39, 0.29) is 0 Å². The van der Waals surface area contributed by atoms with Gasteiger partial charge in [-0.2, -0.15) is 0 Å². The summed E-state index contributed by atoms with van der Waals surface area (Å²) in [4.78, 5) is 4.07. The van der Waals surface area contributed by atoms with Gasteiger partial charge in [-0.25, -0.2) is 4.98 Å². The van der Waals surface area contributed by atoms with E-state index in [4.69, 9.17) is 10.5 Å². The fourth-order valence-corrected chi connectivity index (χ4v) is 3.23. The molecule has 1 aromatic carbocycles. The van der Waals surface area contributed by atoms with Gasteiger partial charge in [0.15, 0.2) is 0 Å². The number of aromatic nitrogens is 1. The first kappa shape index (κ1) is 14.0. The van der Waals surface area contributed by atoms with Gasteiger partial charge in [0.25, 0.3) is 0 Å². The first-order chi connectivity index (χ1) is 9.11. The summed E-state index contributed by atoms with van der Waals surface area (Å²) >= 11 is 3.39. The first-order valence-corrected chi connectivity index (χ1v) is 7.64. The average molecular weight is 341 g/mol. The van der Waals surface area contributed by atoms with Crippen molar-refractivity contribution in [3.63, 3.8) is 0 Å². The molecule has 1 heterocycles. The number of pyridine rings is 1. The van der Waals surface area contributed by atoms with E-state index in [1.165, 1.54) is 0 Å². The van der Waals surface area contributed by atoms with E-state index in [9.17, 15) is 4.21 Å². The molecule has 0 saturated heterocycles. The molecular weight excluding hydrogens is 328 g/mol. The van der Waals surface area contributed by atoms with Crippen molar-refractivity contribution < 1.29 is 8.95 Å². The molecule has 0 spiro atoms. The van der Waals surface area contributed by atoms with Crippen LogP contribution in [0.2, 0.25) is 0 Å². The van der Waals surface area contributed by atoms with Crippen LogP contribution in [0.4, 0.5) is 5.69 Å². The molecule has 0 aliphatic carbocycles. The van der Waals surface area contributed by atoms with Gasteiger partial charge in [0.2, 0.25) is 0 Å². The lowest BCUT2D eigenvalue weighted by Crippen LogP contribution is -2.04. The van der Waals surface area contributed by atoms with Crippen molar-refractivity contribution in [3.05, 3.63) is 46.6 Å². The molecule has 2 N–H and O–H groups in total. The van der Waals surface area contributed by atoms with Crippen molar-refractivity contribution in [3.8, 4) is 5.75 Å². The van der Waals surface area contributed by atoms with E-state index in [2.05, 4.69) is 20.9 Å². The minimum absolute atomic E-state index is 0.309. The standard InChI is InChI=1S/C13H13BrN2O2S/c1-18-12-5-4-10(14)7-9(12)8-19(17)13-11(15)3-2-6-16-13/h2-7H,8,15H2,1H3. The van der Waals surface area contributed by atoms with Crippen LogP contribution in [-0.4, -0.2) is 16.3 Å². The zero-order valence-corrected chi connectivity index (χ0v) is 12.7. The van der Waals surface area contributed by atoms with Gasteiger partial charge in [0.1, 0.15) is 10.8 Å². The molecular formula is C13H13BrN2O2S. The lowest BCUT2D eigenvalue weighted by molar-refractivity contribution is 0.411. The Morgan fingerprint density at radius 3 is 2.89 bits per heavy atom. The number of hydrogen-bond donors (Lipinski definition) is 1. The third kappa shape index (κ3) is 3.33. The molecule has 2 aromatic rings. The molecule has 0 fully saturated rings. The molecule has 2 rings (SSSR count). The lowest BCUT2D eigenvalue weighted by atomic mass is 10.2. The van der Waals surface area contributed by atoms with Gasteiger partial charge in [-0.15, -0.1) is 0 Å². The minimum Gasteiger partial charge on any atom is -0.496 e. The van der Waals surface area contributed by atoms with Gasteiger partial charge in [-0.3, -0.25) is 4.21 Å². The third-order valence-electron chi connectivity index (χ3n) is 2.55. The Kier molecular flexibility index (Phi) is 4.55. The van der Waals surface area contributed by atoms with Crippen LogP contribution in [-0.2, 0) is 16.6 Å². The second kappa shape index (κ2) is 6.16. The second-order valence-corrected chi connectivity index (χ2v) is 6.13. The highest BCUT2D eigenvalue weighted by Gasteiger charge is 2.13. The van der Waals surface area contributed by atoms with Gasteiger partial charge in [0.05, 0.1) is 29.3 Å². The smallest absolute Gasteiger partial charge is 0.150 e. The van der Waals surface area contributed by atoms with Crippen molar-refractivity contribution in [1.82, 2.24) is 4.98 Å². The number of nitrogens with zero attached hydrogens (tertiary/aromatic N) is 1. The lowest BCUT2D eigenvalue weighted by Gasteiger charge is -2.09. The summed E-state index contributed by atoms with van der Waals surface area (Å²) in [5.74, 6) is 1.01. The van der Waals surface area contributed by atoms with Crippen molar-refractivity contribution in [2.24, 2.45) is 0 Å². The minimum atomic E-state index is -1.30. The molecule has 6 heteroatoms. The number of nitrogen functional groups attached to an aromatic ring is 1. The largest absolute Gasteiger partial charge is 0.496 e. The molecule has 0 aliphatic heterocycles. The highest BCUT2D eigenvalue weighted by molar-refractivity contribution is 9.10. The quantitative estimate of drug-likeness (QED) is 0.929. The summed E-state index contributed by atoms with van der Waals surface area (Å²) in [5.41, 5.74) is 7.07. The summed E-state index contributed by atoms with van der Waals surface area (Å²) in [6, 6.07) is 9.00. The number of ether oxygens (including phenoxy) is 1. The number of methoxy groups -OCH3 is 1. The zero-order valence-electron chi connectivity index (χ0n) is 10.3. The van der Waals surface area contributed by atoms with Gasteiger partial charge in [-0.05, 0) is 30.3 Å². The number of halogens is 1. The van der Waals surface area contributed by atoms with Gasteiger partial charge < -0.3 is 10.5 Å². The van der Waals surface area contributed by atoms with Gasteiger partial charge in [0, 0.05) is 16.2 Å². The van der Waals surface area contributed by atoms with Crippen LogP contribution in [0.5, 0.6) is 5.75 Å². The van der Waals surface area contributed by atoms with Gasteiger partial charge in [-0.1, -0.05) is 15.9 Å². The summed E-state index contributed by atoms with van der Waals surface area (Å²) in [7, 11) is 0.285. The van der Waals surface area contributed by atoms with E-state index < -0.39 is 10.8 Å². The van der Waals surface area contributed by atoms with Gasteiger partial charge >= 0.3 is 0 Å². The average Bonchev–Trinajstić information content (AvgIpc) is 2.39. The Morgan fingerprint density at radius 2 is 2.21 bits per heavy atom. The molecule has 0 radical (unpaired) electrons. The predicted molar refractivity (Wildman–Crippen MR) is 79.5 cm³/mol. The number of anilines is 1. The predicted octanol–water partition coefficient (Wildman–Crippen LogP) is 2.74. The molecule has 1 aromatic heterocycles. The molecule has 4 nitrogen and oxygen atoms in total. The Balaban J connectivity index is 2.29. The summed E-state index contributed by atoms with van der Waals surface area (Å²) in [6.07, 6.45) is 1.59. The molecule has 100 valence electrons. The number of benzene rings is 1. The van der Waals surface area contributed by atoms with Crippen LogP contribution in [0.3, 0.4) is 0 Å². The molecule has 1 unspecified atom stereocenters. The third-order valence-corrected chi connectivity index (χ3v) is 4.38. The van der Waals surface area contributed by atoms with E-state index >= 15 is 0 Å². The van der Waals surface area contributed by atoms with E-state index in [1.54, 1.807) is 25.4 Å². The maximum Gasteiger partial charge on any atom is 0.150 e. The monoisotopic (exact) mass is 340 g/mol. The number of hydrogen-bond acceptors (Lipinski definition) is 4. The fraction of sp³-hybridized carbons (Fsp3) is 0.154. The Morgan fingerprint density at radius 1 is 1.42 bits per heavy atom. The molecule has 0 aliphatic rings. The van der Waals surface area contributed by atoms with Crippen LogP contribution in [0.1, 0.15) is 5.56 Å². The Hall–Kier alpha value is -1.40. The van der Waals surface area contributed by atoms with Crippen LogP contribution in [0.25, 0.3) is 0 Å². The highest BCUT2D eigenvalue weighted by atomic mass is 79.9. The van der Waals surface area contributed by atoms with Crippen molar-refractivity contribution in [2.75, 3.05) is 12.8 Å². The topological polar surface area (TPSA) is 65.2 Å². The maximum atomic E-state index is 12.3. The van der Waals surface area contributed by atoms with Crippen LogP contribution in [0.15, 0.2) is 46.0 Å². The van der Waals surface area contributed by atoms with Crippen LogP contribution in [0, 0.1) is 0 Å². The molecule has 1 atom stereocenters. The zero-order chi connectivity index (χ0) is 13.8. The summed E-state index contributed by atoms with van der Waals surface area (Å²) in [5, 5.41) is 0.407. The van der Waals surface area contributed by atoms with Crippen molar-refractivity contribution in [1.29, 1.82) is 0 Å².